The molecule has 27 heavy (non-hydrogen) atoms. The highest BCUT2D eigenvalue weighted by Crippen LogP contribution is 2.55. The summed E-state index contributed by atoms with van der Waals surface area (Å²) >= 11 is 6.49. The third-order valence-electron chi connectivity index (χ3n) is 6.15. The van der Waals surface area contributed by atoms with Gasteiger partial charge in [-0.25, -0.2) is 4.98 Å². The van der Waals surface area contributed by atoms with E-state index in [0.29, 0.717) is 13.1 Å². The summed E-state index contributed by atoms with van der Waals surface area (Å²) < 4.78 is 8.64. The molecule has 0 radical (unpaired) electrons. The lowest BCUT2D eigenvalue weighted by molar-refractivity contribution is -0.140. The van der Waals surface area contributed by atoms with Gasteiger partial charge in [-0.2, -0.15) is 5.10 Å². The van der Waals surface area contributed by atoms with E-state index in [1.54, 1.807) is 6.33 Å². The second-order valence-corrected chi connectivity index (χ2v) is 8.66. The number of rotatable bonds is 3. The Morgan fingerprint density at radius 1 is 1.33 bits per heavy atom. The molecule has 1 atom stereocenters. The molecule has 0 unspecified atom stereocenters. The number of fused-ring (bicyclic) bond motifs is 2. The summed E-state index contributed by atoms with van der Waals surface area (Å²) in [6.45, 7) is 7.69. The second-order valence-electron chi connectivity index (χ2n) is 8.25. The first-order valence-corrected chi connectivity index (χ1v) is 9.68. The van der Waals surface area contributed by atoms with Crippen molar-refractivity contribution in [3.63, 3.8) is 0 Å². The van der Waals surface area contributed by atoms with E-state index in [9.17, 15) is 4.79 Å². The molecule has 4 rings (SSSR count). The maximum absolute atomic E-state index is 11.2. The maximum atomic E-state index is 11.2. The van der Waals surface area contributed by atoms with Crippen LogP contribution in [0.5, 0.6) is 0 Å². The summed E-state index contributed by atoms with van der Waals surface area (Å²) in [4.78, 5) is 17.5. The minimum atomic E-state index is -0.410. The van der Waals surface area contributed by atoms with E-state index in [4.69, 9.17) is 16.3 Å². The van der Waals surface area contributed by atoms with Crippen molar-refractivity contribution >= 4 is 18.0 Å². The molecule has 144 valence electrons. The fraction of sp³-hybridized carbons (Fsp3) is 0.550. The Hall–Kier alpha value is -1.92. The summed E-state index contributed by atoms with van der Waals surface area (Å²) in [5.41, 5.74) is 2.59. The van der Waals surface area contributed by atoms with Crippen molar-refractivity contribution in [2.24, 2.45) is 7.05 Å². The number of hydrogen-bond donors (Lipinski definition) is 0. The molecule has 0 aliphatic carbocycles. The summed E-state index contributed by atoms with van der Waals surface area (Å²) in [5.74, 6) is 0.883. The number of aromatic nitrogens is 3. The molecule has 2 aromatic rings. The number of hydrogen-bond acceptors (Lipinski definition) is 4. The molecule has 1 aromatic heterocycles. The van der Waals surface area contributed by atoms with E-state index in [-0.39, 0.29) is 11.5 Å². The Balaban J connectivity index is 1.81. The number of aryl methyl sites for hydroxylation is 2. The second kappa shape index (κ2) is 6.31. The molecule has 0 bridgehead atoms. The van der Waals surface area contributed by atoms with Gasteiger partial charge in [0.2, 0.25) is 6.41 Å². The van der Waals surface area contributed by atoms with Crippen molar-refractivity contribution in [1.29, 1.82) is 0 Å². The van der Waals surface area contributed by atoms with Crippen LogP contribution < -0.4 is 0 Å². The predicted molar refractivity (Wildman–Crippen MR) is 103 cm³/mol. The number of ether oxygens (including phenoxy) is 1. The number of nitrogens with zero attached hydrogens (tertiary/aromatic N) is 4. The zero-order valence-electron chi connectivity index (χ0n) is 16.2. The van der Waals surface area contributed by atoms with E-state index < -0.39 is 5.60 Å². The van der Waals surface area contributed by atoms with Crippen LogP contribution in [0.1, 0.15) is 55.3 Å². The van der Waals surface area contributed by atoms with Crippen molar-refractivity contribution in [3.05, 3.63) is 46.0 Å². The Bertz CT molecular complexity index is 884. The van der Waals surface area contributed by atoms with Crippen LogP contribution in [0.4, 0.5) is 0 Å². The van der Waals surface area contributed by atoms with Crippen molar-refractivity contribution in [2.45, 2.75) is 50.7 Å². The Morgan fingerprint density at radius 3 is 2.63 bits per heavy atom. The first-order chi connectivity index (χ1) is 12.8. The highest BCUT2D eigenvalue weighted by atomic mass is 35.5. The molecule has 6 nitrogen and oxygen atoms in total. The van der Waals surface area contributed by atoms with E-state index >= 15 is 0 Å². The summed E-state index contributed by atoms with van der Waals surface area (Å²) in [7, 11) is 1.91. The standard InChI is InChI=1S/C20H25ClN4O2/c1-13-9-14-15(10-16(13)21)20(5-7-25(12-26)8-6-20)27-17(14)19(2,3)18-22-11-23-24(18)4/h9-12,17H,5-8H2,1-4H3/t17-/m0/s1. The quantitative estimate of drug-likeness (QED) is 0.757. The topological polar surface area (TPSA) is 60.3 Å². The molecule has 2 aliphatic heterocycles. The number of piperidine rings is 1. The van der Waals surface area contributed by atoms with Crippen LogP contribution in [0, 0.1) is 6.92 Å². The lowest BCUT2D eigenvalue weighted by atomic mass is 9.78. The summed E-state index contributed by atoms with van der Waals surface area (Å²) in [6, 6.07) is 4.22. The minimum Gasteiger partial charge on any atom is -0.361 e. The van der Waals surface area contributed by atoms with Crippen molar-refractivity contribution < 1.29 is 9.53 Å². The minimum absolute atomic E-state index is 0.158. The van der Waals surface area contributed by atoms with Gasteiger partial charge in [-0.05, 0) is 56.4 Å². The summed E-state index contributed by atoms with van der Waals surface area (Å²) in [6.07, 6.45) is 3.88. The van der Waals surface area contributed by atoms with Crippen LogP contribution in [0.2, 0.25) is 5.02 Å². The van der Waals surface area contributed by atoms with Gasteiger partial charge in [0.1, 0.15) is 12.2 Å². The van der Waals surface area contributed by atoms with Gasteiger partial charge < -0.3 is 9.64 Å². The van der Waals surface area contributed by atoms with Gasteiger partial charge in [0.15, 0.2) is 0 Å². The Kier molecular flexibility index (Phi) is 4.31. The SMILES string of the molecule is Cc1cc2c(cc1Cl)C1(CCN(C=O)CC1)O[C@@H]2C(C)(C)c1ncnn1C. The number of carbonyl (C=O) groups is 1. The van der Waals surface area contributed by atoms with Gasteiger partial charge >= 0.3 is 0 Å². The van der Waals surface area contributed by atoms with Crippen LogP contribution in [-0.2, 0) is 27.6 Å². The van der Waals surface area contributed by atoms with Crippen LogP contribution in [0.3, 0.4) is 0 Å². The third-order valence-corrected chi connectivity index (χ3v) is 6.55. The van der Waals surface area contributed by atoms with E-state index in [1.165, 1.54) is 5.56 Å². The van der Waals surface area contributed by atoms with Gasteiger partial charge in [-0.3, -0.25) is 9.48 Å². The molecular weight excluding hydrogens is 364 g/mol. The first kappa shape index (κ1) is 18.4. The smallest absolute Gasteiger partial charge is 0.209 e. The van der Waals surface area contributed by atoms with Crippen molar-refractivity contribution in [1.82, 2.24) is 19.7 Å². The van der Waals surface area contributed by atoms with Gasteiger partial charge in [-0.1, -0.05) is 17.7 Å². The summed E-state index contributed by atoms with van der Waals surface area (Å²) in [5, 5.41) is 5.01. The molecule has 0 N–H and O–H groups in total. The molecule has 1 amide bonds. The Labute approximate surface area is 164 Å². The van der Waals surface area contributed by atoms with Crippen LogP contribution >= 0.6 is 11.6 Å². The van der Waals surface area contributed by atoms with E-state index in [0.717, 1.165) is 41.2 Å². The number of benzene rings is 1. The van der Waals surface area contributed by atoms with Gasteiger partial charge in [-0.15, -0.1) is 0 Å². The molecule has 0 saturated carbocycles. The molecule has 7 heteroatoms. The monoisotopic (exact) mass is 388 g/mol. The first-order valence-electron chi connectivity index (χ1n) is 9.31. The molecule has 1 fully saturated rings. The highest BCUT2D eigenvalue weighted by molar-refractivity contribution is 6.31. The fourth-order valence-corrected chi connectivity index (χ4v) is 4.74. The molecule has 1 spiro atoms. The van der Waals surface area contributed by atoms with Crippen LogP contribution in [0.15, 0.2) is 18.5 Å². The zero-order chi connectivity index (χ0) is 19.4. The van der Waals surface area contributed by atoms with Crippen LogP contribution in [-0.4, -0.2) is 39.2 Å². The predicted octanol–water partition coefficient (Wildman–Crippen LogP) is 3.27. The van der Waals surface area contributed by atoms with Crippen LogP contribution in [0.25, 0.3) is 0 Å². The maximum Gasteiger partial charge on any atom is 0.209 e. The fourth-order valence-electron chi connectivity index (χ4n) is 4.58. The van der Waals surface area contributed by atoms with E-state index in [2.05, 4.69) is 36.1 Å². The van der Waals surface area contributed by atoms with Gasteiger partial charge in [0, 0.05) is 25.2 Å². The average Bonchev–Trinajstić information content (AvgIpc) is 3.20. The molecule has 1 saturated heterocycles. The molecular formula is C20H25ClN4O2. The van der Waals surface area contributed by atoms with Crippen molar-refractivity contribution in [2.75, 3.05) is 13.1 Å². The number of halogens is 1. The number of likely N-dealkylation sites (tertiary alicyclic amines) is 1. The van der Waals surface area contributed by atoms with E-state index in [1.807, 2.05) is 23.6 Å². The largest absolute Gasteiger partial charge is 0.361 e. The zero-order valence-corrected chi connectivity index (χ0v) is 17.0. The lowest BCUT2D eigenvalue weighted by Gasteiger charge is -2.40. The van der Waals surface area contributed by atoms with Crippen molar-refractivity contribution in [3.8, 4) is 0 Å². The normalized spacial score (nSPS) is 21.5. The molecule has 2 aliphatic rings. The molecule has 1 aromatic carbocycles. The van der Waals surface area contributed by atoms with Gasteiger partial charge in [0.05, 0.1) is 17.1 Å². The lowest BCUT2D eigenvalue weighted by Crippen LogP contribution is -2.43. The highest BCUT2D eigenvalue weighted by Gasteiger charge is 2.52. The third kappa shape index (κ3) is 2.77. The number of amides is 1. The average molecular weight is 389 g/mol. The Morgan fingerprint density at radius 2 is 2.04 bits per heavy atom. The van der Waals surface area contributed by atoms with Gasteiger partial charge in [0.25, 0.3) is 0 Å². The molecule has 3 heterocycles. The number of carbonyl (C=O) groups excluding carboxylic acids is 1.